The summed E-state index contributed by atoms with van der Waals surface area (Å²) in [4.78, 5) is 25.6. The first kappa shape index (κ1) is 14.4. The van der Waals surface area contributed by atoms with Gasteiger partial charge < -0.3 is 15.3 Å². The average molecular weight is 276 g/mol. The number of carbonyl (C=O) groups excluding carboxylic acids is 2. The molecule has 1 saturated heterocycles. The number of nitrogens with zero attached hydrogens (tertiary/aromatic N) is 1. The van der Waals surface area contributed by atoms with E-state index in [1.54, 1.807) is 17.0 Å². The zero-order valence-corrected chi connectivity index (χ0v) is 11.8. The van der Waals surface area contributed by atoms with Crippen LogP contribution in [0.3, 0.4) is 0 Å². The molecule has 0 saturated carbocycles. The molecule has 0 spiro atoms. The van der Waals surface area contributed by atoms with Crippen LogP contribution in [0, 0.1) is 12.8 Å². The fraction of sp³-hybridized carbons (Fsp3) is 0.467. The molecule has 1 aliphatic heterocycles. The second kappa shape index (κ2) is 5.94. The van der Waals surface area contributed by atoms with Gasteiger partial charge in [-0.15, -0.1) is 0 Å². The number of nitrogens with one attached hydrogen (secondary N) is 1. The number of aromatic hydroxyl groups is 1. The number of piperidine rings is 1. The summed E-state index contributed by atoms with van der Waals surface area (Å²) >= 11 is 0. The molecule has 2 N–H and O–H groups in total. The molecule has 0 aliphatic carbocycles. The van der Waals surface area contributed by atoms with Gasteiger partial charge in [0, 0.05) is 13.1 Å². The van der Waals surface area contributed by atoms with Crippen LogP contribution < -0.4 is 5.32 Å². The normalized spacial score (nSPS) is 16.0. The van der Waals surface area contributed by atoms with Crippen LogP contribution in [0.4, 0.5) is 5.69 Å². The number of anilines is 1. The van der Waals surface area contributed by atoms with Gasteiger partial charge in [0.25, 0.3) is 0 Å². The summed E-state index contributed by atoms with van der Waals surface area (Å²) in [6.45, 7) is 5.23. The van der Waals surface area contributed by atoms with Crippen molar-refractivity contribution in [1.82, 2.24) is 4.90 Å². The van der Waals surface area contributed by atoms with Crippen molar-refractivity contribution in [3.05, 3.63) is 23.8 Å². The van der Waals surface area contributed by atoms with E-state index in [2.05, 4.69) is 12.2 Å². The van der Waals surface area contributed by atoms with Gasteiger partial charge in [0.05, 0.1) is 5.69 Å². The maximum Gasteiger partial charge on any atom is 0.314 e. The molecule has 0 atom stereocenters. The highest BCUT2D eigenvalue weighted by Crippen LogP contribution is 2.24. The standard InChI is InChI=1S/C15H20N2O3/c1-10-5-7-17(8-6-10)15(20)14(19)16-12-9-11(2)3-4-13(12)18/h3-4,9-10,18H,5-8H2,1-2H3,(H,16,19). The Labute approximate surface area is 118 Å². The van der Waals surface area contributed by atoms with Crippen molar-refractivity contribution < 1.29 is 14.7 Å². The number of carbonyl (C=O) groups is 2. The molecule has 2 rings (SSSR count). The van der Waals surface area contributed by atoms with E-state index in [4.69, 9.17) is 0 Å². The third-order valence-electron chi connectivity index (χ3n) is 3.67. The molecule has 0 radical (unpaired) electrons. The lowest BCUT2D eigenvalue weighted by molar-refractivity contribution is -0.144. The molecule has 0 unspecified atom stereocenters. The van der Waals surface area contributed by atoms with Gasteiger partial charge in [-0.25, -0.2) is 0 Å². The summed E-state index contributed by atoms with van der Waals surface area (Å²) in [5, 5.41) is 12.2. The van der Waals surface area contributed by atoms with E-state index in [0.717, 1.165) is 18.4 Å². The van der Waals surface area contributed by atoms with Crippen molar-refractivity contribution in [2.45, 2.75) is 26.7 Å². The van der Waals surface area contributed by atoms with Crippen molar-refractivity contribution in [2.24, 2.45) is 5.92 Å². The van der Waals surface area contributed by atoms with Crippen LogP contribution in [-0.2, 0) is 9.59 Å². The molecule has 2 amide bonds. The largest absolute Gasteiger partial charge is 0.506 e. The predicted molar refractivity (Wildman–Crippen MR) is 76.5 cm³/mol. The van der Waals surface area contributed by atoms with Crippen LogP contribution in [0.1, 0.15) is 25.3 Å². The van der Waals surface area contributed by atoms with Crippen LogP contribution in [0.15, 0.2) is 18.2 Å². The Hall–Kier alpha value is -2.04. The number of amides is 2. The smallest absolute Gasteiger partial charge is 0.314 e. The number of benzene rings is 1. The Morgan fingerprint density at radius 2 is 1.95 bits per heavy atom. The van der Waals surface area contributed by atoms with Crippen LogP contribution in [0.2, 0.25) is 0 Å². The number of hydrogen-bond acceptors (Lipinski definition) is 3. The number of rotatable bonds is 1. The minimum absolute atomic E-state index is 0.0379. The van der Waals surface area contributed by atoms with E-state index in [9.17, 15) is 14.7 Å². The van der Waals surface area contributed by atoms with Gasteiger partial charge in [0.1, 0.15) is 5.75 Å². The maximum absolute atomic E-state index is 12.0. The zero-order chi connectivity index (χ0) is 14.7. The average Bonchev–Trinajstić information content (AvgIpc) is 2.43. The number of likely N-dealkylation sites (tertiary alicyclic amines) is 1. The summed E-state index contributed by atoms with van der Waals surface area (Å²) in [5.41, 5.74) is 1.17. The molecule has 0 aromatic heterocycles. The van der Waals surface area contributed by atoms with E-state index in [1.807, 2.05) is 6.92 Å². The minimum Gasteiger partial charge on any atom is -0.506 e. The fourth-order valence-electron chi connectivity index (χ4n) is 2.28. The molecule has 1 fully saturated rings. The summed E-state index contributed by atoms with van der Waals surface area (Å²) in [6.07, 6.45) is 1.85. The Morgan fingerprint density at radius 3 is 2.60 bits per heavy atom. The molecule has 20 heavy (non-hydrogen) atoms. The van der Waals surface area contributed by atoms with Crippen LogP contribution in [0.5, 0.6) is 5.75 Å². The van der Waals surface area contributed by atoms with Crippen LogP contribution in [0.25, 0.3) is 0 Å². The lowest BCUT2D eigenvalue weighted by Crippen LogP contribution is -2.43. The van der Waals surface area contributed by atoms with Crippen molar-refractivity contribution >= 4 is 17.5 Å². The highest BCUT2D eigenvalue weighted by atomic mass is 16.3. The summed E-state index contributed by atoms with van der Waals surface area (Å²) in [7, 11) is 0. The number of phenols is 1. The summed E-state index contributed by atoms with van der Waals surface area (Å²) < 4.78 is 0. The monoisotopic (exact) mass is 276 g/mol. The maximum atomic E-state index is 12.0. The molecule has 5 heteroatoms. The van der Waals surface area contributed by atoms with Gasteiger partial charge >= 0.3 is 11.8 Å². The molecule has 1 aliphatic rings. The van der Waals surface area contributed by atoms with E-state index >= 15 is 0 Å². The first-order chi connectivity index (χ1) is 9.47. The number of hydrogen-bond donors (Lipinski definition) is 2. The highest BCUT2D eigenvalue weighted by Gasteiger charge is 2.25. The van der Waals surface area contributed by atoms with Crippen molar-refractivity contribution in [2.75, 3.05) is 18.4 Å². The predicted octanol–water partition coefficient (Wildman–Crippen LogP) is 1.90. The van der Waals surface area contributed by atoms with E-state index in [1.165, 1.54) is 6.07 Å². The molecule has 0 bridgehead atoms. The first-order valence-corrected chi connectivity index (χ1v) is 6.87. The van der Waals surface area contributed by atoms with Crippen molar-refractivity contribution in [3.63, 3.8) is 0 Å². The summed E-state index contributed by atoms with van der Waals surface area (Å²) in [5.74, 6) is -0.662. The first-order valence-electron chi connectivity index (χ1n) is 6.87. The molecular weight excluding hydrogens is 256 g/mol. The SMILES string of the molecule is Cc1ccc(O)c(NC(=O)C(=O)N2CCC(C)CC2)c1. The van der Waals surface area contributed by atoms with Gasteiger partial charge in [-0.3, -0.25) is 9.59 Å². The lowest BCUT2D eigenvalue weighted by Gasteiger charge is -2.29. The fourth-order valence-corrected chi connectivity index (χ4v) is 2.28. The molecule has 5 nitrogen and oxygen atoms in total. The zero-order valence-electron chi connectivity index (χ0n) is 11.8. The topological polar surface area (TPSA) is 69.6 Å². The number of phenolic OH excluding ortho intramolecular Hbond substituents is 1. The summed E-state index contributed by atoms with van der Waals surface area (Å²) in [6, 6.07) is 4.87. The van der Waals surface area contributed by atoms with E-state index in [-0.39, 0.29) is 11.4 Å². The second-order valence-corrected chi connectivity index (χ2v) is 5.45. The third-order valence-corrected chi connectivity index (χ3v) is 3.67. The van der Waals surface area contributed by atoms with Crippen LogP contribution in [-0.4, -0.2) is 34.9 Å². The Bertz CT molecular complexity index is 520. The quantitative estimate of drug-likeness (QED) is 0.608. The van der Waals surface area contributed by atoms with Gasteiger partial charge in [0.15, 0.2) is 0 Å². The molecule has 1 heterocycles. The van der Waals surface area contributed by atoms with E-state index in [0.29, 0.717) is 19.0 Å². The molecular formula is C15H20N2O3. The van der Waals surface area contributed by atoms with Gasteiger partial charge in [-0.05, 0) is 43.4 Å². The Morgan fingerprint density at radius 1 is 1.30 bits per heavy atom. The van der Waals surface area contributed by atoms with Gasteiger partial charge in [0.2, 0.25) is 0 Å². The second-order valence-electron chi connectivity index (χ2n) is 5.45. The van der Waals surface area contributed by atoms with Crippen molar-refractivity contribution in [3.8, 4) is 5.75 Å². The van der Waals surface area contributed by atoms with Crippen molar-refractivity contribution in [1.29, 1.82) is 0 Å². The van der Waals surface area contributed by atoms with Gasteiger partial charge in [-0.2, -0.15) is 0 Å². The molecule has 1 aromatic carbocycles. The third kappa shape index (κ3) is 3.29. The molecule has 1 aromatic rings. The minimum atomic E-state index is -0.694. The lowest BCUT2D eigenvalue weighted by atomic mass is 9.99. The highest BCUT2D eigenvalue weighted by molar-refractivity contribution is 6.39. The Balaban J connectivity index is 2.01. The van der Waals surface area contributed by atoms with Gasteiger partial charge in [-0.1, -0.05) is 13.0 Å². The number of aryl methyl sites for hydroxylation is 1. The van der Waals surface area contributed by atoms with E-state index < -0.39 is 11.8 Å². The Kier molecular flexibility index (Phi) is 4.27. The van der Waals surface area contributed by atoms with Crippen LogP contribution >= 0.6 is 0 Å². The molecule has 108 valence electrons.